The third-order valence-electron chi connectivity index (χ3n) is 3.30. The molecular formula is C17H12FN3O3S2. The Hall–Kier alpha value is -2.78. The zero-order valence-corrected chi connectivity index (χ0v) is 14.8. The van der Waals surface area contributed by atoms with Crippen molar-refractivity contribution in [3.8, 4) is 11.3 Å². The van der Waals surface area contributed by atoms with Crippen LogP contribution in [0.3, 0.4) is 0 Å². The van der Waals surface area contributed by atoms with Gasteiger partial charge < -0.3 is 5.32 Å². The molecule has 132 valence electrons. The summed E-state index contributed by atoms with van der Waals surface area (Å²) >= 11 is 2.31. The van der Waals surface area contributed by atoms with E-state index in [1.54, 1.807) is 35.7 Å². The highest BCUT2D eigenvalue weighted by Gasteiger charge is 2.12. The lowest BCUT2D eigenvalue weighted by molar-refractivity contribution is -0.384. The second kappa shape index (κ2) is 8.07. The molecule has 1 amide bonds. The number of nitrogens with one attached hydrogen (secondary N) is 1. The number of thioether (sulfide) groups is 1. The van der Waals surface area contributed by atoms with Crippen molar-refractivity contribution in [1.82, 2.24) is 4.98 Å². The van der Waals surface area contributed by atoms with Crippen LogP contribution >= 0.6 is 23.1 Å². The summed E-state index contributed by atoms with van der Waals surface area (Å²) in [6.45, 7) is 0. The van der Waals surface area contributed by atoms with Gasteiger partial charge in [-0.25, -0.2) is 9.37 Å². The molecular weight excluding hydrogens is 377 g/mol. The van der Waals surface area contributed by atoms with E-state index in [0.29, 0.717) is 21.3 Å². The molecule has 0 atom stereocenters. The fourth-order valence-electron chi connectivity index (χ4n) is 2.10. The standard InChI is InChI=1S/C17H12FN3O3S2/c18-13-6-1-2-7-15(13)25-10-16(22)20-17-19-14(9-26-17)11-4-3-5-12(8-11)21(23)24/h1-9H,10H2,(H,19,20,22). The van der Waals surface area contributed by atoms with Gasteiger partial charge in [-0.1, -0.05) is 24.3 Å². The summed E-state index contributed by atoms with van der Waals surface area (Å²) in [6, 6.07) is 12.4. The molecule has 2 aromatic carbocycles. The lowest BCUT2D eigenvalue weighted by Crippen LogP contribution is -2.13. The van der Waals surface area contributed by atoms with E-state index in [9.17, 15) is 19.3 Å². The molecule has 0 bridgehead atoms. The van der Waals surface area contributed by atoms with Crippen molar-refractivity contribution in [2.24, 2.45) is 0 Å². The van der Waals surface area contributed by atoms with Crippen LogP contribution in [0.4, 0.5) is 15.2 Å². The number of carbonyl (C=O) groups is 1. The number of thiazole rings is 1. The first-order chi connectivity index (χ1) is 12.5. The topological polar surface area (TPSA) is 85.1 Å². The van der Waals surface area contributed by atoms with Gasteiger partial charge in [0.05, 0.1) is 16.4 Å². The van der Waals surface area contributed by atoms with Gasteiger partial charge in [0, 0.05) is 28.0 Å². The normalized spacial score (nSPS) is 10.5. The highest BCUT2D eigenvalue weighted by Crippen LogP contribution is 2.28. The molecule has 3 aromatic rings. The number of carbonyl (C=O) groups excluding carboxylic acids is 1. The molecule has 1 aromatic heterocycles. The van der Waals surface area contributed by atoms with Crippen LogP contribution in [0.1, 0.15) is 0 Å². The summed E-state index contributed by atoms with van der Waals surface area (Å²) < 4.78 is 13.5. The molecule has 1 heterocycles. The van der Waals surface area contributed by atoms with Crippen molar-refractivity contribution in [1.29, 1.82) is 0 Å². The van der Waals surface area contributed by atoms with Crippen molar-refractivity contribution in [3.05, 3.63) is 69.8 Å². The smallest absolute Gasteiger partial charge is 0.270 e. The average Bonchev–Trinajstić information content (AvgIpc) is 3.09. The van der Waals surface area contributed by atoms with Crippen LogP contribution in [0.5, 0.6) is 0 Å². The number of aromatic nitrogens is 1. The number of amides is 1. The minimum Gasteiger partial charge on any atom is -0.301 e. The number of anilines is 1. The van der Waals surface area contributed by atoms with Crippen LogP contribution in [0.25, 0.3) is 11.3 Å². The molecule has 0 aliphatic heterocycles. The number of nitro benzene ring substituents is 1. The first-order valence-corrected chi connectivity index (χ1v) is 9.27. The first-order valence-electron chi connectivity index (χ1n) is 7.40. The van der Waals surface area contributed by atoms with E-state index in [-0.39, 0.29) is 23.2 Å². The van der Waals surface area contributed by atoms with Crippen LogP contribution < -0.4 is 5.32 Å². The minimum atomic E-state index is -0.474. The number of non-ortho nitro benzene ring substituents is 1. The maximum Gasteiger partial charge on any atom is 0.270 e. The lowest BCUT2D eigenvalue weighted by Gasteiger charge is -2.03. The Labute approximate surface area is 156 Å². The van der Waals surface area contributed by atoms with Gasteiger partial charge in [-0.05, 0) is 12.1 Å². The molecule has 26 heavy (non-hydrogen) atoms. The van der Waals surface area contributed by atoms with Crippen LogP contribution in [0.2, 0.25) is 0 Å². The number of halogens is 1. The van der Waals surface area contributed by atoms with Crippen LogP contribution in [0.15, 0.2) is 58.8 Å². The molecule has 0 radical (unpaired) electrons. The maximum absolute atomic E-state index is 13.5. The number of rotatable bonds is 6. The number of nitrogens with zero attached hydrogens (tertiary/aromatic N) is 2. The molecule has 6 nitrogen and oxygen atoms in total. The number of nitro groups is 1. The predicted molar refractivity (Wildman–Crippen MR) is 100.0 cm³/mol. The highest BCUT2D eigenvalue weighted by atomic mass is 32.2. The van der Waals surface area contributed by atoms with Gasteiger partial charge in [-0.2, -0.15) is 0 Å². The fraction of sp³-hybridized carbons (Fsp3) is 0.0588. The van der Waals surface area contributed by atoms with E-state index in [2.05, 4.69) is 10.3 Å². The average molecular weight is 389 g/mol. The van der Waals surface area contributed by atoms with Crippen molar-refractivity contribution in [2.45, 2.75) is 4.90 Å². The van der Waals surface area contributed by atoms with Gasteiger partial charge in [-0.15, -0.1) is 23.1 Å². The molecule has 3 rings (SSSR count). The zero-order valence-electron chi connectivity index (χ0n) is 13.2. The Morgan fingerprint density at radius 1 is 1.27 bits per heavy atom. The van der Waals surface area contributed by atoms with Gasteiger partial charge in [0.25, 0.3) is 5.69 Å². The Bertz CT molecular complexity index is 962. The Morgan fingerprint density at radius 2 is 2.08 bits per heavy atom. The molecule has 0 spiro atoms. The predicted octanol–water partition coefficient (Wildman–Crippen LogP) is 4.59. The quantitative estimate of drug-likeness (QED) is 0.379. The molecule has 0 aliphatic rings. The summed E-state index contributed by atoms with van der Waals surface area (Å²) in [4.78, 5) is 27.1. The molecule has 0 aliphatic carbocycles. The largest absolute Gasteiger partial charge is 0.301 e. The summed E-state index contributed by atoms with van der Waals surface area (Å²) in [7, 11) is 0. The van der Waals surface area contributed by atoms with Crippen LogP contribution in [-0.4, -0.2) is 21.6 Å². The second-order valence-electron chi connectivity index (χ2n) is 5.11. The zero-order chi connectivity index (χ0) is 18.5. The van der Waals surface area contributed by atoms with E-state index in [1.807, 2.05) is 0 Å². The summed E-state index contributed by atoms with van der Waals surface area (Å²) in [5.74, 6) is -0.627. The van der Waals surface area contributed by atoms with Crippen molar-refractivity contribution >= 4 is 39.8 Å². The van der Waals surface area contributed by atoms with Gasteiger partial charge in [0.1, 0.15) is 5.82 Å². The number of benzene rings is 2. The van der Waals surface area contributed by atoms with Crippen molar-refractivity contribution in [2.75, 3.05) is 11.1 Å². The SMILES string of the molecule is O=C(CSc1ccccc1F)Nc1nc(-c2cccc([N+](=O)[O-])c2)cs1. The monoisotopic (exact) mass is 389 g/mol. The summed E-state index contributed by atoms with van der Waals surface area (Å²) in [5, 5.41) is 15.6. The van der Waals surface area contributed by atoms with Crippen LogP contribution in [0, 0.1) is 15.9 Å². The summed E-state index contributed by atoms with van der Waals surface area (Å²) in [6.07, 6.45) is 0. The summed E-state index contributed by atoms with van der Waals surface area (Å²) in [5.41, 5.74) is 1.11. The third-order valence-corrected chi connectivity index (χ3v) is 5.11. The Balaban J connectivity index is 1.63. The minimum absolute atomic E-state index is 0.0256. The fourth-order valence-corrected chi connectivity index (χ4v) is 3.58. The van der Waals surface area contributed by atoms with Gasteiger partial charge in [0.2, 0.25) is 5.91 Å². The molecule has 0 unspecified atom stereocenters. The Morgan fingerprint density at radius 3 is 2.85 bits per heavy atom. The number of hydrogen-bond acceptors (Lipinski definition) is 6. The molecule has 0 fully saturated rings. The van der Waals surface area contributed by atoms with Gasteiger partial charge in [-0.3, -0.25) is 14.9 Å². The van der Waals surface area contributed by atoms with Crippen molar-refractivity contribution in [3.63, 3.8) is 0 Å². The van der Waals surface area contributed by atoms with Crippen molar-refractivity contribution < 1.29 is 14.1 Å². The first kappa shape index (κ1) is 18.0. The number of hydrogen-bond donors (Lipinski definition) is 1. The lowest BCUT2D eigenvalue weighted by atomic mass is 10.1. The second-order valence-corrected chi connectivity index (χ2v) is 6.99. The Kier molecular flexibility index (Phi) is 5.59. The molecule has 0 saturated carbocycles. The van der Waals surface area contributed by atoms with E-state index in [1.165, 1.54) is 29.5 Å². The van der Waals surface area contributed by atoms with E-state index in [0.717, 1.165) is 11.8 Å². The molecule has 9 heteroatoms. The van der Waals surface area contributed by atoms with E-state index in [4.69, 9.17) is 0 Å². The third kappa shape index (κ3) is 4.44. The molecule has 1 N–H and O–H groups in total. The maximum atomic E-state index is 13.5. The molecule has 0 saturated heterocycles. The van der Waals surface area contributed by atoms with Gasteiger partial charge >= 0.3 is 0 Å². The highest BCUT2D eigenvalue weighted by molar-refractivity contribution is 8.00. The van der Waals surface area contributed by atoms with Gasteiger partial charge in [0.15, 0.2) is 5.13 Å². The van der Waals surface area contributed by atoms with Crippen LogP contribution in [-0.2, 0) is 4.79 Å². The van der Waals surface area contributed by atoms with E-state index >= 15 is 0 Å². The van der Waals surface area contributed by atoms with E-state index < -0.39 is 4.92 Å².